The van der Waals surface area contributed by atoms with Crippen LogP contribution in [0.25, 0.3) is 0 Å². The lowest BCUT2D eigenvalue weighted by atomic mass is 9.67. The predicted octanol–water partition coefficient (Wildman–Crippen LogP) is 1.11. The molecule has 5 nitrogen and oxygen atoms in total. The Balaban J connectivity index is 2.12. The highest BCUT2D eigenvalue weighted by molar-refractivity contribution is 6.79. The van der Waals surface area contributed by atoms with Crippen molar-refractivity contribution in [3.63, 3.8) is 0 Å². The molecule has 0 atom stereocenters. The molecular weight excluding hydrogens is 291 g/mol. The third-order valence-electron chi connectivity index (χ3n) is 4.70. The summed E-state index contributed by atoms with van der Waals surface area (Å²) in [4.78, 5) is 3.34. The Morgan fingerprint density at radius 2 is 1.57 bits per heavy atom. The van der Waals surface area contributed by atoms with E-state index in [2.05, 4.69) is 31.1 Å². The molecule has 0 saturated carbocycles. The van der Waals surface area contributed by atoms with Crippen LogP contribution in [0.1, 0.15) is 48.5 Å². The second-order valence-corrected chi connectivity index (χ2v) is 8.43. The van der Waals surface area contributed by atoms with Gasteiger partial charge in [0.05, 0.1) is 5.54 Å². The Morgan fingerprint density at radius 1 is 1.00 bits per heavy atom. The number of rotatable bonds is 0. The fourth-order valence-electron chi connectivity index (χ4n) is 2.95. The second kappa shape index (κ2) is 4.74. The van der Waals surface area contributed by atoms with Crippen LogP contribution in [-0.2, 0) is 14.0 Å². The molecule has 1 spiro atoms. The molecule has 0 amide bonds. The molecule has 1 aromatic rings. The van der Waals surface area contributed by atoms with E-state index in [4.69, 9.17) is 14.0 Å². The van der Waals surface area contributed by atoms with Crippen LogP contribution in [-0.4, -0.2) is 29.5 Å². The fourth-order valence-corrected chi connectivity index (χ4v) is 2.95. The molecule has 0 aromatic heterocycles. The summed E-state index contributed by atoms with van der Waals surface area (Å²) in [5.41, 5.74) is 0.772. The number of benzene rings is 1. The minimum Gasteiger partial charge on any atom is -0.604 e. The molecule has 3 rings (SSSR count). The average Bonchev–Trinajstić information content (AvgIpc) is 2.52. The van der Waals surface area contributed by atoms with Gasteiger partial charge in [-0.1, -0.05) is 23.7 Å². The van der Waals surface area contributed by atoms with Gasteiger partial charge in [0, 0.05) is 11.2 Å². The van der Waals surface area contributed by atoms with Crippen LogP contribution in [0, 0.1) is 0 Å². The molecule has 0 unspecified atom stereocenters. The zero-order valence-corrected chi connectivity index (χ0v) is 15.1. The maximum atomic E-state index is 6.38. The quantitative estimate of drug-likeness (QED) is 0.704. The van der Waals surface area contributed by atoms with Gasteiger partial charge in [-0.05, 0) is 54.5 Å². The Bertz CT molecular complexity index is 646. The molecule has 0 bridgehead atoms. The van der Waals surface area contributed by atoms with Crippen LogP contribution < -0.4 is 15.8 Å². The maximum absolute atomic E-state index is 6.38. The van der Waals surface area contributed by atoms with E-state index in [1.165, 1.54) is 0 Å². The van der Waals surface area contributed by atoms with Crippen molar-refractivity contribution >= 4 is 23.9 Å². The van der Waals surface area contributed by atoms with Crippen molar-refractivity contribution in [2.24, 2.45) is 0 Å². The monoisotopic (exact) mass is 318 g/mol. The lowest BCUT2D eigenvalue weighted by Crippen LogP contribution is -2.88. The second-order valence-electron chi connectivity index (χ2n) is 8.43. The third kappa shape index (κ3) is 2.74. The summed E-state index contributed by atoms with van der Waals surface area (Å²) < 4.78 is 19.0. The van der Waals surface area contributed by atoms with Gasteiger partial charge in [0.2, 0.25) is 0 Å². The van der Waals surface area contributed by atoms with E-state index in [9.17, 15) is 0 Å². The molecule has 2 aliphatic heterocycles. The molecule has 0 radical (unpaired) electrons. The van der Waals surface area contributed by atoms with Crippen LogP contribution in [0.15, 0.2) is 24.3 Å². The summed E-state index contributed by atoms with van der Waals surface area (Å²) >= 11 is 0. The number of para-hydroxylation sites is 1. The summed E-state index contributed by atoms with van der Waals surface area (Å²) in [6.07, 6.45) is 0. The smallest absolute Gasteiger partial charge is 0.475 e. The van der Waals surface area contributed by atoms with E-state index in [1.807, 2.05) is 52.0 Å². The first-order chi connectivity index (χ1) is 10.4. The van der Waals surface area contributed by atoms with Crippen LogP contribution in [0.5, 0.6) is 0 Å². The minimum atomic E-state index is -2.05. The fraction of sp³-hybridized carbons (Fsp3) is 0.588. The van der Waals surface area contributed by atoms with Crippen LogP contribution >= 0.6 is 0 Å². The van der Waals surface area contributed by atoms with E-state index >= 15 is 0 Å². The normalized spacial score (nSPS) is 25.8. The van der Waals surface area contributed by atoms with E-state index in [1.54, 1.807) is 0 Å². The lowest BCUT2D eigenvalue weighted by Gasteiger charge is -2.40. The zero-order chi connectivity index (χ0) is 17.1. The Labute approximate surface area is 138 Å². The van der Waals surface area contributed by atoms with Gasteiger partial charge in [-0.3, -0.25) is 0 Å². The molecule has 2 aliphatic rings. The molecule has 1 saturated heterocycles. The SMILES string of the molecule is CC(C)(C)[NH+]=C1Nc2ccccc2[B-]2(O1)OC(C)(C)C(C)(C)O2. The molecule has 2 heterocycles. The lowest BCUT2D eigenvalue weighted by molar-refractivity contribution is -0.545. The number of nitrogens with one attached hydrogen (secondary N) is 2. The highest BCUT2D eigenvalue weighted by Gasteiger charge is 2.58. The van der Waals surface area contributed by atoms with Crippen molar-refractivity contribution in [1.29, 1.82) is 0 Å². The molecule has 0 aliphatic carbocycles. The number of anilines is 1. The molecule has 2 N–H and O–H groups in total. The summed E-state index contributed by atoms with van der Waals surface area (Å²) in [6, 6.07) is 8.52. The number of hydrogen-bond donors (Lipinski definition) is 2. The van der Waals surface area contributed by atoms with Crippen molar-refractivity contribution in [1.82, 2.24) is 0 Å². The van der Waals surface area contributed by atoms with Crippen LogP contribution in [0.2, 0.25) is 0 Å². The molecule has 126 valence electrons. The number of fused-ring (bicyclic) bond motifs is 2. The average molecular weight is 318 g/mol. The third-order valence-corrected chi connectivity index (χ3v) is 4.70. The maximum Gasteiger partial charge on any atom is 0.475 e. The Hall–Kier alpha value is -1.53. The first-order valence-electron chi connectivity index (χ1n) is 8.19. The van der Waals surface area contributed by atoms with E-state index in [0.29, 0.717) is 6.02 Å². The largest absolute Gasteiger partial charge is 0.604 e. The molecule has 23 heavy (non-hydrogen) atoms. The summed E-state index contributed by atoms with van der Waals surface area (Å²) in [6.45, 7) is 12.3. The molecule has 6 heteroatoms. The van der Waals surface area contributed by atoms with Gasteiger partial charge in [0.1, 0.15) is 5.69 Å². The first kappa shape index (κ1) is 16.3. The van der Waals surface area contributed by atoms with E-state index in [0.717, 1.165) is 11.2 Å². The summed E-state index contributed by atoms with van der Waals surface area (Å²) in [5.74, 6) is 0. The number of amidine groups is 1. The van der Waals surface area contributed by atoms with Crippen molar-refractivity contribution in [3.8, 4) is 0 Å². The van der Waals surface area contributed by atoms with Gasteiger partial charge < -0.3 is 14.0 Å². The van der Waals surface area contributed by atoms with Crippen molar-refractivity contribution in [2.45, 2.75) is 65.2 Å². The van der Waals surface area contributed by atoms with Gasteiger partial charge in [-0.15, -0.1) is 0 Å². The van der Waals surface area contributed by atoms with E-state index < -0.39 is 18.0 Å². The first-order valence-corrected chi connectivity index (χ1v) is 8.19. The number of hydrogen-bond acceptors (Lipinski definition) is 3. The molecule has 1 fully saturated rings. The Kier molecular flexibility index (Phi) is 3.37. The van der Waals surface area contributed by atoms with Gasteiger partial charge in [-0.2, -0.15) is 0 Å². The Morgan fingerprint density at radius 3 is 2.13 bits per heavy atom. The van der Waals surface area contributed by atoms with E-state index in [-0.39, 0.29) is 5.54 Å². The van der Waals surface area contributed by atoms with Gasteiger partial charge in [0.25, 0.3) is 0 Å². The van der Waals surface area contributed by atoms with Gasteiger partial charge >= 0.3 is 12.8 Å². The van der Waals surface area contributed by atoms with Crippen molar-refractivity contribution in [3.05, 3.63) is 24.3 Å². The van der Waals surface area contributed by atoms with Crippen LogP contribution in [0.3, 0.4) is 0 Å². The zero-order valence-electron chi connectivity index (χ0n) is 15.1. The minimum absolute atomic E-state index is 0.143. The highest BCUT2D eigenvalue weighted by Crippen LogP contribution is 2.43. The van der Waals surface area contributed by atoms with Gasteiger partial charge in [0.15, 0.2) is 0 Å². The molecule has 1 aromatic carbocycles. The molecular formula is C17H27BN2O3. The highest BCUT2D eigenvalue weighted by atomic mass is 16.8. The van der Waals surface area contributed by atoms with Crippen LogP contribution in [0.4, 0.5) is 5.69 Å². The van der Waals surface area contributed by atoms with Gasteiger partial charge in [-0.25, -0.2) is 10.3 Å². The summed E-state index contributed by atoms with van der Waals surface area (Å²) in [5, 5.41) is 3.30. The van der Waals surface area contributed by atoms with Crippen molar-refractivity contribution in [2.75, 3.05) is 5.32 Å². The predicted molar refractivity (Wildman–Crippen MR) is 92.6 cm³/mol. The van der Waals surface area contributed by atoms with Crippen molar-refractivity contribution < 1.29 is 19.0 Å². The topological polar surface area (TPSA) is 53.7 Å². The summed E-state index contributed by atoms with van der Waals surface area (Å²) in [7, 11) is 0. The standard InChI is InChI=1S/C17H26BN2O3/c1-15(2,3)20-14-19-13-11-9-8-10-12(13)18(21-14)22-16(4,5)17(6,7)23-18/h8-11H,1-7H3,(H,19,20)/q-1/p+1.